The first kappa shape index (κ1) is 26.8. The van der Waals surface area contributed by atoms with E-state index in [2.05, 4.69) is 25.3 Å². The molecule has 0 radical (unpaired) electrons. The van der Waals surface area contributed by atoms with Crippen LogP contribution in [0.4, 0.5) is 28.8 Å². The van der Waals surface area contributed by atoms with E-state index in [4.69, 9.17) is 0 Å². The van der Waals surface area contributed by atoms with Crippen molar-refractivity contribution in [1.82, 2.24) is 9.97 Å². The topological polar surface area (TPSA) is 147 Å². The number of anilines is 5. The van der Waals surface area contributed by atoms with Gasteiger partial charge in [-0.25, -0.2) is 13.4 Å². The van der Waals surface area contributed by atoms with Crippen molar-refractivity contribution < 1.29 is 21.6 Å². The summed E-state index contributed by atoms with van der Waals surface area (Å²) in [6.45, 7) is 1.83. The van der Waals surface area contributed by atoms with E-state index in [0.29, 0.717) is 28.7 Å². The number of nitrogens with zero attached hydrogens (tertiary/aromatic N) is 2. The molecule has 4 rings (SSSR count). The maximum atomic E-state index is 12.5. The molecular formula is C26H25N5O5S2. The number of aryl methyl sites for hydroxylation is 1. The summed E-state index contributed by atoms with van der Waals surface area (Å²) >= 11 is 0. The number of sulfone groups is 1. The zero-order valence-electron chi connectivity index (χ0n) is 20.5. The van der Waals surface area contributed by atoms with Crippen LogP contribution in [0.5, 0.6) is 0 Å². The Morgan fingerprint density at radius 3 is 2.18 bits per heavy atom. The number of sulfonamides is 1. The lowest BCUT2D eigenvalue weighted by Crippen LogP contribution is -2.23. The SMILES string of the molecule is Cc1cnc(Nc2cccc(CS(C)(=O)=O)c2)nc1Nc1ccc(NS(=O)(=O)C(=O)c2ccccc2)cc1. The van der Waals surface area contributed by atoms with Crippen molar-refractivity contribution >= 4 is 53.8 Å². The van der Waals surface area contributed by atoms with Gasteiger partial charge < -0.3 is 10.6 Å². The summed E-state index contributed by atoms with van der Waals surface area (Å²) in [5, 5.41) is 5.23. The van der Waals surface area contributed by atoms with Gasteiger partial charge in [0.1, 0.15) is 5.82 Å². The van der Waals surface area contributed by atoms with Crippen LogP contribution in [0.3, 0.4) is 0 Å². The van der Waals surface area contributed by atoms with Gasteiger partial charge in [0, 0.05) is 40.6 Å². The fourth-order valence-electron chi connectivity index (χ4n) is 3.49. The lowest BCUT2D eigenvalue weighted by molar-refractivity contribution is 0.107. The summed E-state index contributed by atoms with van der Waals surface area (Å²) in [6, 6.07) is 21.1. The number of carbonyl (C=O) groups excluding carboxylic acids is 1. The number of carbonyl (C=O) groups is 1. The molecule has 38 heavy (non-hydrogen) atoms. The molecule has 0 saturated heterocycles. The Bertz CT molecular complexity index is 1680. The third-order valence-corrected chi connectivity index (χ3v) is 7.32. The van der Waals surface area contributed by atoms with Gasteiger partial charge in [-0.1, -0.05) is 42.5 Å². The van der Waals surface area contributed by atoms with Crippen molar-refractivity contribution in [3.05, 3.63) is 102 Å². The average molecular weight is 552 g/mol. The Labute approximate surface area is 221 Å². The van der Waals surface area contributed by atoms with Crippen LogP contribution in [-0.2, 0) is 25.6 Å². The molecule has 0 aliphatic heterocycles. The van der Waals surface area contributed by atoms with Crippen molar-refractivity contribution in [2.24, 2.45) is 0 Å². The molecule has 1 heterocycles. The van der Waals surface area contributed by atoms with Gasteiger partial charge in [-0.2, -0.15) is 13.4 Å². The summed E-state index contributed by atoms with van der Waals surface area (Å²) in [5.41, 5.74) is 2.98. The van der Waals surface area contributed by atoms with E-state index in [9.17, 15) is 21.6 Å². The molecule has 0 saturated carbocycles. The van der Waals surface area contributed by atoms with Crippen molar-refractivity contribution in [3.63, 3.8) is 0 Å². The largest absolute Gasteiger partial charge is 0.340 e. The summed E-state index contributed by atoms with van der Waals surface area (Å²) < 4.78 is 50.4. The Morgan fingerprint density at radius 1 is 0.816 bits per heavy atom. The highest BCUT2D eigenvalue weighted by Crippen LogP contribution is 2.23. The maximum absolute atomic E-state index is 12.5. The second kappa shape index (κ2) is 11.0. The van der Waals surface area contributed by atoms with Crippen LogP contribution in [0.25, 0.3) is 0 Å². The summed E-state index contributed by atoms with van der Waals surface area (Å²) in [7, 11) is -7.43. The van der Waals surface area contributed by atoms with E-state index in [1.165, 1.54) is 30.5 Å². The van der Waals surface area contributed by atoms with Gasteiger partial charge in [0.2, 0.25) is 5.95 Å². The number of rotatable bonds is 9. The third kappa shape index (κ3) is 7.14. The standard InChI is InChI=1S/C26H25N5O5S2/c1-18-16-27-26(29-23-10-6-7-19(15-23)17-37(2,33)34)30-24(18)28-21-11-13-22(14-12-21)31-38(35,36)25(32)20-8-4-3-5-9-20/h3-16,31H,17H2,1-2H3,(H2,27,28,29,30). The summed E-state index contributed by atoms with van der Waals surface area (Å²) in [6.07, 6.45) is 2.82. The zero-order chi connectivity index (χ0) is 27.3. The van der Waals surface area contributed by atoms with E-state index in [1.807, 2.05) is 6.92 Å². The van der Waals surface area contributed by atoms with Gasteiger partial charge in [-0.15, -0.1) is 0 Å². The van der Waals surface area contributed by atoms with Crippen LogP contribution in [0.1, 0.15) is 21.5 Å². The molecule has 0 amide bonds. The van der Waals surface area contributed by atoms with Gasteiger partial charge >= 0.3 is 10.0 Å². The van der Waals surface area contributed by atoms with Crippen LogP contribution < -0.4 is 15.4 Å². The highest BCUT2D eigenvalue weighted by molar-refractivity contribution is 8.07. The quantitative estimate of drug-likeness (QED) is 0.275. The lowest BCUT2D eigenvalue weighted by atomic mass is 10.2. The predicted molar refractivity (Wildman–Crippen MR) is 148 cm³/mol. The van der Waals surface area contributed by atoms with E-state index < -0.39 is 25.0 Å². The highest BCUT2D eigenvalue weighted by Gasteiger charge is 2.23. The minimum atomic E-state index is -4.27. The van der Waals surface area contributed by atoms with Gasteiger partial charge in [0.15, 0.2) is 9.84 Å². The molecule has 10 nitrogen and oxygen atoms in total. The van der Waals surface area contributed by atoms with Crippen molar-refractivity contribution in [1.29, 1.82) is 0 Å². The van der Waals surface area contributed by atoms with Gasteiger partial charge in [0.05, 0.1) is 5.75 Å². The van der Waals surface area contributed by atoms with Crippen molar-refractivity contribution in [2.75, 3.05) is 21.6 Å². The molecule has 4 aromatic rings. The highest BCUT2D eigenvalue weighted by atomic mass is 32.2. The molecular weight excluding hydrogens is 526 g/mol. The molecule has 3 aromatic carbocycles. The van der Waals surface area contributed by atoms with Gasteiger partial charge in [-0.05, 0) is 48.9 Å². The third-order valence-electron chi connectivity index (χ3n) is 5.24. The molecule has 0 spiro atoms. The van der Waals surface area contributed by atoms with E-state index >= 15 is 0 Å². The number of benzene rings is 3. The molecule has 12 heteroatoms. The normalized spacial score (nSPS) is 11.5. The van der Waals surface area contributed by atoms with E-state index in [1.54, 1.807) is 60.8 Å². The average Bonchev–Trinajstić information content (AvgIpc) is 2.86. The fourth-order valence-corrected chi connectivity index (χ4v) is 5.26. The first-order valence-electron chi connectivity index (χ1n) is 11.4. The Hall–Kier alpha value is -4.29. The van der Waals surface area contributed by atoms with Crippen LogP contribution in [0.2, 0.25) is 0 Å². The Kier molecular flexibility index (Phi) is 7.74. The Morgan fingerprint density at radius 2 is 1.50 bits per heavy atom. The first-order chi connectivity index (χ1) is 18.0. The monoisotopic (exact) mass is 551 g/mol. The van der Waals surface area contributed by atoms with Gasteiger partial charge in [-0.3, -0.25) is 9.52 Å². The van der Waals surface area contributed by atoms with Crippen LogP contribution >= 0.6 is 0 Å². The van der Waals surface area contributed by atoms with Crippen molar-refractivity contribution in [3.8, 4) is 0 Å². The van der Waals surface area contributed by atoms with Crippen LogP contribution in [0.15, 0.2) is 85.1 Å². The number of hydrogen-bond acceptors (Lipinski definition) is 9. The molecule has 3 N–H and O–H groups in total. The second-order valence-electron chi connectivity index (χ2n) is 8.58. The molecule has 0 aliphatic rings. The molecule has 196 valence electrons. The molecule has 0 unspecified atom stereocenters. The smallest absolute Gasteiger partial charge is 0.300 e. The molecule has 0 bridgehead atoms. The number of hydrogen-bond donors (Lipinski definition) is 3. The predicted octanol–water partition coefficient (Wildman–Crippen LogP) is 4.40. The summed E-state index contributed by atoms with van der Waals surface area (Å²) in [5.74, 6) is 0.747. The minimum Gasteiger partial charge on any atom is -0.340 e. The zero-order valence-corrected chi connectivity index (χ0v) is 22.2. The maximum Gasteiger partial charge on any atom is 0.300 e. The lowest BCUT2D eigenvalue weighted by Gasteiger charge is -2.12. The number of nitrogens with one attached hydrogen (secondary N) is 3. The first-order valence-corrected chi connectivity index (χ1v) is 14.9. The Balaban J connectivity index is 1.45. The molecule has 0 atom stereocenters. The van der Waals surface area contributed by atoms with Crippen LogP contribution in [0, 0.1) is 6.92 Å². The fraction of sp³-hybridized carbons (Fsp3) is 0.115. The van der Waals surface area contributed by atoms with Crippen LogP contribution in [-0.4, -0.2) is 38.2 Å². The second-order valence-corrected chi connectivity index (χ2v) is 12.3. The van der Waals surface area contributed by atoms with Crippen molar-refractivity contribution in [2.45, 2.75) is 12.7 Å². The molecule has 0 fully saturated rings. The van der Waals surface area contributed by atoms with E-state index in [0.717, 1.165) is 5.56 Å². The van der Waals surface area contributed by atoms with E-state index in [-0.39, 0.29) is 17.0 Å². The molecule has 1 aromatic heterocycles. The number of aromatic nitrogens is 2. The summed E-state index contributed by atoms with van der Waals surface area (Å²) in [4.78, 5) is 21.1. The minimum absolute atomic E-state index is 0.0728. The molecule has 0 aliphatic carbocycles. The van der Waals surface area contributed by atoms with Gasteiger partial charge in [0.25, 0.3) is 5.12 Å².